The summed E-state index contributed by atoms with van der Waals surface area (Å²) in [6, 6.07) is 0. The number of hydrogen-bond acceptors (Lipinski definition) is 3. The third-order valence-electron chi connectivity index (χ3n) is 0. The van der Waals surface area contributed by atoms with Crippen molar-refractivity contribution in [1.29, 1.82) is 0 Å². The number of carboxylic acid groups (broad SMARTS) is 1. The van der Waals surface area contributed by atoms with Crippen LogP contribution in [0, 0.1) is 12.8 Å². The maximum atomic E-state index is 9.00. The first kappa shape index (κ1) is 29.7. The molecule has 0 rings (SSSR count). The van der Waals surface area contributed by atoms with Crippen molar-refractivity contribution in [3.63, 3.8) is 0 Å². The molecule has 2 N–H and O–H groups in total. The van der Waals surface area contributed by atoms with E-state index in [0.29, 0.717) is 0 Å². The zero-order chi connectivity index (χ0) is 14.6. The number of aliphatic carboxylic acids is 1. The fraction of sp³-hybridized carbons (Fsp3) is 0.727. The molecule has 0 radical (unpaired) electrons. The van der Waals surface area contributed by atoms with E-state index in [-0.39, 0.29) is 6.10 Å². The maximum absolute atomic E-state index is 9.00. The number of carbonyl (C=O) groups is 1. The van der Waals surface area contributed by atoms with E-state index in [1.165, 1.54) is 0 Å². The van der Waals surface area contributed by atoms with Crippen molar-refractivity contribution in [2.75, 3.05) is 0 Å². The molecule has 0 heterocycles. The van der Waals surface area contributed by atoms with Crippen molar-refractivity contribution in [1.82, 2.24) is 0 Å². The van der Waals surface area contributed by atoms with Gasteiger partial charge in [-0.1, -0.05) is 0 Å². The number of rotatable bonds is 0. The first-order valence-electron chi connectivity index (χ1n) is 4.85. The van der Waals surface area contributed by atoms with E-state index in [9.17, 15) is 0 Å². The SMILES string of the molecule is CC(=O)O.CC(C)O.C[CH-]C.C[CH-]C.[O]=[Ti+2]. The second-order valence-electron chi connectivity index (χ2n) is 2.77. The minimum atomic E-state index is -0.833. The van der Waals surface area contributed by atoms with Crippen LogP contribution in [0.1, 0.15) is 48.5 Å². The molecule has 0 aliphatic rings. The molecule has 5 heteroatoms. The summed E-state index contributed by atoms with van der Waals surface area (Å²) in [7, 11) is 0. The van der Waals surface area contributed by atoms with E-state index in [2.05, 4.69) is 0 Å². The van der Waals surface area contributed by atoms with Crippen LogP contribution in [-0.2, 0) is 28.5 Å². The van der Waals surface area contributed by atoms with Gasteiger partial charge in [0, 0.05) is 13.0 Å². The van der Waals surface area contributed by atoms with Gasteiger partial charge in [0.25, 0.3) is 5.97 Å². The van der Waals surface area contributed by atoms with Gasteiger partial charge in [-0.25, -0.2) is 0 Å². The number of carboxylic acids is 1. The van der Waals surface area contributed by atoms with Gasteiger partial charge >= 0.3 is 23.7 Å². The second-order valence-corrected chi connectivity index (χ2v) is 2.77. The van der Waals surface area contributed by atoms with Crippen LogP contribution in [0.15, 0.2) is 0 Å². The topological polar surface area (TPSA) is 74.6 Å². The normalized spacial score (nSPS) is 6.44. The molecule has 0 atom stereocenters. The summed E-state index contributed by atoms with van der Waals surface area (Å²) in [6.45, 7) is 12.5. The summed E-state index contributed by atoms with van der Waals surface area (Å²) in [5.74, 6) is -0.833. The van der Waals surface area contributed by atoms with Gasteiger partial charge in [-0.05, 0) is 13.8 Å². The molecule has 0 bridgehead atoms. The zero-order valence-corrected chi connectivity index (χ0v) is 13.0. The zero-order valence-electron chi connectivity index (χ0n) is 11.4. The quantitative estimate of drug-likeness (QED) is 0.524. The molecule has 0 amide bonds. The van der Waals surface area contributed by atoms with Gasteiger partial charge < -0.3 is 23.1 Å². The molecule has 0 saturated carbocycles. The molecule has 4 nitrogen and oxygen atoms in total. The Morgan fingerprint density at radius 1 is 1.06 bits per heavy atom. The molecular weight excluding hydrogens is 244 g/mol. The number of hydrogen-bond donors (Lipinski definition) is 2. The molecule has 0 aliphatic heterocycles. The average molecular weight is 270 g/mol. The molecule has 0 spiro atoms. The summed E-state index contributed by atoms with van der Waals surface area (Å²) in [5, 5.41) is 15.5. The molecule has 0 saturated heterocycles. The van der Waals surface area contributed by atoms with E-state index in [1.54, 1.807) is 13.8 Å². The standard InChI is InChI=1S/C3H8O.2C3H7.C2H4O2.O.Ti/c1-3(2)4;2*1-3-2;1-2(3)4;;/h3-4H,1-2H3;2*3H,1-2H3;1H3,(H,3,4);;/q;2*-1;;;+2. The van der Waals surface area contributed by atoms with E-state index >= 15 is 0 Å². The van der Waals surface area contributed by atoms with E-state index in [1.807, 2.05) is 40.5 Å². The Morgan fingerprint density at radius 2 is 1.06 bits per heavy atom. The Bertz CT molecular complexity index is 89.2. The van der Waals surface area contributed by atoms with Crippen molar-refractivity contribution < 1.29 is 38.7 Å². The molecule has 0 fully saturated rings. The van der Waals surface area contributed by atoms with Gasteiger partial charge in [-0.15, -0.1) is 0 Å². The Morgan fingerprint density at radius 3 is 1.06 bits per heavy atom. The summed E-state index contributed by atoms with van der Waals surface area (Å²) < 4.78 is 8.25. The second kappa shape index (κ2) is 46.0. The first-order valence-corrected chi connectivity index (χ1v) is 5.49. The van der Waals surface area contributed by atoms with Crippen molar-refractivity contribution >= 4 is 5.97 Å². The fourth-order valence-corrected chi connectivity index (χ4v) is 0. The molecule has 16 heavy (non-hydrogen) atoms. The van der Waals surface area contributed by atoms with Crippen molar-refractivity contribution in [2.45, 2.75) is 54.6 Å². The number of aliphatic hydroxyl groups excluding tert-OH is 1. The molecule has 98 valence electrons. The average Bonchev–Trinajstić information content (AvgIpc) is 2.07. The van der Waals surface area contributed by atoms with Crippen molar-refractivity contribution in [3.8, 4) is 0 Å². The summed E-state index contributed by atoms with van der Waals surface area (Å²) >= 11 is 0.750. The molecule has 0 aliphatic carbocycles. The van der Waals surface area contributed by atoms with Crippen LogP contribution >= 0.6 is 0 Å². The summed E-state index contributed by atoms with van der Waals surface area (Å²) in [5.41, 5.74) is 0. The van der Waals surface area contributed by atoms with Crippen LogP contribution in [0.25, 0.3) is 0 Å². The Labute approximate surface area is 112 Å². The van der Waals surface area contributed by atoms with Gasteiger partial charge in [0.15, 0.2) is 0 Å². The van der Waals surface area contributed by atoms with Crippen LogP contribution < -0.4 is 0 Å². The molecule has 0 aromatic heterocycles. The molecule has 0 aromatic rings. The Kier molecular flexibility index (Phi) is 85.5. The molecular formula is C11H26O4Ti. The van der Waals surface area contributed by atoms with Gasteiger partial charge in [0.05, 0.1) is 0 Å². The number of aliphatic hydroxyl groups is 1. The van der Waals surface area contributed by atoms with E-state index < -0.39 is 5.97 Å². The van der Waals surface area contributed by atoms with Crippen LogP contribution in [0.4, 0.5) is 0 Å². The minimum absolute atomic E-state index is 0.167. The van der Waals surface area contributed by atoms with Crippen molar-refractivity contribution in [3.05, 3.63) is 12.8 Å². The van der Waals surface area contributed by atoms with Crippen LogP contribution in [0.5, 0.6) is 0 Å². The van der Waals surface area contributed by atoms with Gasteiger partial charge in [0.2, 0.25) is 0 Å². The summed E-state index contributed by atoms with van der Waals surface area (Å²) in [4.78, 5) is 9.00. The van der Waals surface area contributed by atoms with E-state index in [0.717, 1.165) is 27.3 Å². The predicted molar refractivity (Wildman–Crippen MR) is 62.6 cm³/mol. The molecule has 0 unspecified atom stereocenters. The Balaban J connectivity index is -0.0000000322. The van der Waals surface area contributed by atoms with Crippen LogP contribution in [-0.4, -0.2) is 22.3 Å². The first-order chi connectivity index (χ1) is 7.29. The van der Waals surface area contributed by atoms with Crippen LogP contribution in [0.3, 0.4) is 0 Å². The van der Waals surface area contributed by atoms with Gasteiger partial charge in [-0.3, -0.25) is 4.79 Å². The predicted octanol–water partition coefficient (Wildman–Crippen LogP) is 2.82. The van der Waals surface area contributed by atoms with Gasteiger partial charge in [-0.2, -0.15) is 27.7 Å². The van der Waals surface area contributed by atoms with Crippen molar-refractivity contribution in [2.24, 2.45) is 0 Å². The molecule has 0 aromatic carbocycles. The van der Waals surface area contributed by atoms with Gasteiger partial charge in [0.1, 0.15) is 0 Å². The van der Waals surface area contributed by atoms with E-state index in [4.69, 9.17) is 18.3 Å². The third-order valence-corrected chi connectivity index (χ3v) is 0. The third kappa shape index (κ3) is 753000. The fourth-order valence-electron chi connectivity index (χ4n) is 0. The monoisotopic (exact) mass is 270 g/mol. The van der Waals surface area contributed by atoms with Crippen LogP contribution in [0.2, 0.25) is 0 Å². The Hall–Kier alpha value is -0.0557. The summed E-state index contributed by atoms with van der Waals surface area (Å²) in [6.07, 6.45) is 3.83.